The SMILES string of the molecule is CC(C)(C)[Si](C)(C)O[C@H](CN1CCc2ccccc2C1)CN1CCN(Cc2ccc(C3CCNCC3)nc2)C1=O. The highest BCUT2D eigenvalue weighted by Crippen LogP contribution is 2.38. The number of carbonyl (C=O) groups is 1. The lowest BCUT2D eigenvalue weighted by Gasteiger charge is -2.42. The van der Waals surface area contributed by atoms with E-state index in [1.165, 1.54) is 16.8 Å². The van der Waals surface area contributed by atoms with E-state index >= 15 is 0 Å². The molecule has 40 heavy (non-hydrogen) atoms. The smallest absolute Gasteiger partial charge is 0.320 e. The van der Waals surface area contributed by atoms with Crippen LogP contribution in [0.3, 0.4) is 0 Å². The van der Waals surface area contributed by atoms with Crippen LogP contribution >= 0.6 is 0 Å². The molecule has 1 aromatic heterocycles. The van der Waals surface area contributed by atoms with Crippen molar-refractivity contribution in [3.63, 3.8) is 0 Å². The van der Waals surface area contributed by atoms with Crippen molar-refractivity contribution in [3.05, 3.63) is 65.0 Å². The third-order valence-corrected chi connectivity index (χ3v) is 14.1. The van der Waals surface area contributed by atoms with Gasteiger partial charge in [0.05, 0.1) is 6.10 Å². The first-order chi connectivity index (χ1) is 19.1. The van der Waals surface area contributed by atoms with Gasteiger partial charge in [0.15, 0.2) is 8.32 Å². The average molecular weight is 564 g/mol. The van der Waals surface area contributed by atoms with Gasteiger partial charge in [0.1, 0.15) is 0 Å². The van der Waals surface area contributed by atoms with Crippen molar-refractivity contribution in [2.45, 2.75) is 83.3 Å². The number of benzene rings is 1. The van der Waals surface area contributed by atoms with Gasteiger partial charge < -0.3 is 19.5 Å². The Morgan fingerprint density at radius 2 is 1.73 bits per heavy atom. The maximum atomic E-state index is 13.5. The molecule has 0 spiro atoms. The molecule has 4 heterocycles. The summed E-state index contributed by atoms with van der Waals surface area (Å²) in [6.07, 6.45) is 5.34. The van der Waals surface area contributed by atoms with Crippen LogP contribution in [0.4, 0.5) is 4.79 Å². The highest BCUT2D eigenvalue weighted by molar-refractivity contribution is 6.74. The number of urea groups is 1. The molecule has 2 aromatic rings. The molecular weight excluding hydrogens is 514 g/mol. The summed E-state index contributed by atoms with van der Waals surface area (Å²) in [6.45, 7) is 19.3. The van der Waals surface area contributed by atoms with Crippen molar-refractivity contribution in [2.75, 3.05) is 45.8 Å². The summed E-state index contributed by atoms with van der Waals surface area (Å²) >= 11 is 0. The van der Waals surface area contributed by atoms with E-state index in [0.29, 0.717) is 19.0 Å². The normalized spacial score (nSPS) is 20.2. The largest absolute Gasteiger partial charge is 0.411 e. The van der Waals surface area contributed by atoms with Crippen molar-refractivity contribution in [2.24, 2.45) is 0 Å². The second kappa shape index (κ2) is 12.3. The van der Waals surface area contributed by atoms with Crippen molar-refractivity contribution in [3.8, 4) is 0 Å². The lowest BCUT2D eigenvalue weighted by molar-refractivity contribution is 0.0879. The fourth-order valence-electron chi connectivity index (χ4n) is 6.03. The standard InChI is InChI=1S/C32H49N5O2Si/c1-32(2,3)40(4,5)39-29(23-35-17-14-26-8-6-7-9-28(26)22-35)24-37-19-18-36(31(37)38)21-25-10-11-30(34-20-25)27-12-15-33-16-13-27/h6-11,20,27,29,33H,12-19,21-24H2,1-5H3/t29-/m1/s1. The van der Waals surface area contributed by atoms with Crippen LogP contribution < -0.4 is 5.32 Å². The van der Waals surface area contributed by atoms with E-state index in [0.717, 1.165) is 70.6 Å². The van der Waals surface area contributed by atoms with Crippen LogP contribution in [0.2, 0.25) is 18.1 Å². The van der Waals surface area contributed by atoms with E-state index < -0.39 is 8.32 Å². The molecule has 0 bridgehead atoms. The minimum Gasteiger partial charge on any atom is -0.411 e. The van der Waals surface area contributed by atoms with E-state index in [9.17, 15) is 4.79 Å². The van der Waals surface area contributed by atoms with Crippen LogP contribution in [0.15, 0.2) is 42.6 Å². The molecule has 2 amide bonds. The Hall–Kier alpha value is -2.26. The number of amides is 2. The van der Waals surface area contributed by atoms with Crippen molar-refractivity contribution < 1.29 is 9.22 Å². The second-order valence-electron chi connectivity index (χ2n) is 13.5. The van der Waals surface area contributed by atoms with Crippen molar-refractivity contribution in [1.82, 2.24) is 25.0 Å². The van der Waals surface area contributed by atoms with Gasteiger partial charge in [-0.15, -0.1) is 0 Å². The average Bonchev–Trinajstić information content (AvgIpc) is 3.27. The molecule has 2 fully saturated rings. The van der Waals surface area contributed by atoms with Gasteiger partial charge in [-0.05, 0) is 73.2 Å². The summed E-state index contributed by atoms with van der Waals surface area (Å²) in [5.74, 6) is 0.547. The fourth-order valence-corrected chi connectivity index (χ4v) is 7.36. The number of rotatable bonds is 9. The van der Waals surface area contributed by atoms with Gasteiger partial charge in [-0.1, -0.05) is 51.1 Å². The Kier molecular flexibility index (Phi) is 9.00. The second-order valence-corrected chi connectivity index (χ2v) is 18.3. The van der Waals surface area contributed by atoms with Crippen LogP contribution in [0.1, 0.15) is 61.9 Å². The quantitative estimate of drug-likeness (QED) is 0.423. The van der Waals surface area contributed by atoms with Gasteiger partial charge in [0.25, 0.3) is 0 Å². The zero-order valence-electron chi connectivity index (χ0n) is 25.3. The molecule has 8 heteroatoms. The summed E-state index contributed by atoms with van der Waals surface area (Å²) < 4.78 is 7.00. The number of hydrogen-bond donors (Lipinski definition) is 1. The predicted molar refractivity (Wildman–Crippen MR) is 164 cm³/mol. The van der Waals surface area contributed by atoms with Gasteiger partial charge in [-0.2, -0.15) is 0 Å². The van der Waals surface area contributed by atoms with Crippen molar-refractivity contribution in [1.29, 1.82) is 0 Å². The maximum absolute atomic E-state index is 13.5. The molecule has 7 nitrogen and oxygen atoms in total. The van der Waals surface area contributed by atoms with Gasteiger partial charge in [0.2, 0.25) is 0 Å². The molecule has 0 radical (unpaired) electrons. The van der Waals surface area contributed by atoms with E-state index in [-0.39, 0.29) is 17.2 Å². The Bertz CT molecular complexity index is 1140. The maximum Gasteiger partial charge on any atom is 0.320 e. The zero-order chi connectivity index (χ0) is 28.3. The Morgan fingerprint density at radius 3 is 2.42 bits per heavy atom. The number of piperidine rings is 1. The summed E-state index contributed by atoms with van der Waals surface area (Å²) in [5.41, 5.74) is 5.17. The lowest BCUT2D eigenvalue weighted by Crippen LogP contribution is -2.51. The molecule has 1 atom stereocenters. The number of hydrogen-bond acceptors (Lipinski definition) is 5. The fraction of sp³-hybridized carbons (Fsp3) is 0.625. The highest BCUT2D eigenvalue weighted by Gasteiger charge is 2.41. The molecule has 3 aliphatic rings. The Balaban J connectivity index is 1.22. The molecule has 5 rings (SSSR count). The minimum absolute atomic E-state index is 0.000914. The third-order valence-electron chi connectivity index (χ3n) is 9.52. The molecule has 1 aromatic carbocycles. The van der Waals surface area contributed by atoms with Crippen LogP contribution in [-0.4, -0.2) is 85.9 Å². The highest BCUT2D eigenvalue weighted by atomic mass is 28.4. The molecule has 0 aliphatic carbocycles. The van der Waals surface area contributed by atoms with Crippen LogP contribution in [-0.2, 0) is 23.9 Å². The zero-order valence-corrected chi connectivity index (χ0v) is 26.3. The molecule has 0 saturated carbocycles. The van der Waals surface area contributed by atoms with E-state index in [1.54, 1.807) is 0 Å². The number of nitrogens with one attached hydrogen (secondary N) is 1. The monoisotopic (exact) mass is 563 g/mol. The number of carbonyl (C=O) groups excluding carboxylic acids is 1. The Labute approximate surface area is 242 Å². The van der Waals surface area contributed by atoms with Crippen LogP contribution in [0, 0.1) is 0 Å². The topological polar surface area (TPSA) is 60.9 Å². The van der Waals surface area contributed by atoms with Gasteiger partial charge in [-0.3, -0.25) is 9.88 Å². The first kappa shape index (κ1) is 29.2. The molecule has 2 saturated heterocycles. The van der Waals surface area contributed by atoms with Crippen LogP contribution in [0.5, 0.6) is 0 Å². The number of pyridine rings is 1. The Morgan fingerprint density at radius 1 is 1.00 bits per heavy atom. The predicted octanol–water partition coefficient (Wildman–Crippen LogP) is 5.23. The first-order valence-corrected chi connectivity index (χ1v) is 18.2. The molecule has 0 unspecified atom stereocenters. The van der Waals surface area contributed by atoms with Crippen molar-refractivity contribution >= 4 is 14.3 Å². The lowest BCUT2D eigenvalue weighted by atomic mass is 9.94. The molecule has 1 N–H and O–H groups in total. The third kappa shape index (κ3) is 6.96. The summed E-state index contributed by atoms with van der Waals surface area (Å²) in [6, 6.07) is 13.2. The summed E-state index contributed by atoms with van der Waals surface area (Å²) in [4.78, 5) is 24.8. The number of aromatic nitrogens is 1. The first-order valence-electron chi connectivity index (χ1n) is 15.3. The van der Waals surface area contributed by atoms with E-state index in [1.807, 2.05) is 16.0 Å². The van der Waals surface area contributed by atoms with Crippen LogP contribution in [0.25, 0.3) is 0 Å². The number of nitrogens with zero attached hydrogens (tertiary/aromatic N) is 4. The summed E-state index contributed by atoms with van der Waals surface area (Å²) in [5, 5.41) is 3.55. The van der Waals surface area contributed by atoms with E-state index in [4.69, 9.17) is 9.41 Å². The van der Waals surface area contributed by atoms with E-state index in [2.05, 4.69) is 80.5 Å². The minimum atomic E-state index is -2.01. The molecule has 3 aliphatic heterocycles. The number of fused-ring (bicyclic) bond motifs is 1. The van der Waals surface area contributed by atoms with Gasteiger partial charge in [0, 0.05) is 63.6 Å². The molecule has 218 valence electrons. The summed E-state index contributed by atoms with van der Waals surface area (Å²) in [7, 11) is -2.01. The molecular formula is C32H49N5O2Si. The van der Waals surface area contributed by atoms with Gasteiger partial charge in [-0.25, -0.2) is 4.79 Å². The van der Waals surface area contributed by atoms with Gasteiger partial charge >= 0.3 is 6.03 Å².